The van der Waals surface area contributed by atoms with Gasteiger partial charge >= 0.3 is 0 Å². The molecule has 1 aliphatic rings. The van der Waals surface area contributed by atoms with Crippen LogP contribution in [0.15, 0.2) is 83.8 Å². The minimum atomic E-state index is -3.44. The molecule has 1 heterocycles. The summed E-state index contributed by atoms with van der Waals surface area (Å²) in [5, 5.41) is 3.05. The molecule has 6 nitrogen and oxygen atoms in total. The van der Waals surface area contributed by atoms with E-state index in [0.29, 0.717) is 36.6 Å². The summed E-state index contributed by atoms with van der Waals surface area (Å²) in [6.45, 7) is 7.02. The first-order valence-corrected chi connectivity index (χ1v) is 13.0. The van der Waals surface area contributed by atoms with Gasteiger partial charge in [-0.25, -0.2) is 8.42 Å². The van der Waals surface area contributed by atoms with Crippen molar-refractivity contribution in [2.45, 2.75) is 31.3 Å². The first kappa shape index (κ1) is 24.1. The Morgan fingerprint density at radius 2 is 1.50 bits per heavy atom. The number of amides is 1. The normalized spacial score (nSPS) is 16.2. The van der Waals surface area contributed by atoms with E-state index in [-0.39, 0.29) is 11.9 Å². The van der Waals surface area contributed by atoms with Crippen molar-refractivity contribution in [3.05, 3.63) is 101 Å². The van der Waals surface area contributed by atoms with Gasteiger partial charge in [-0.3, -0.25) is 9.69 Å². The standard InChI is InChI=1S/C27H31N3O3S/c1-21-8-12-24(13-9-21)22(2)28-27(31)25-14-10-23(11-15-25)20-29-16-18-30(19-17-29)34(32,33)26-6-4-3-5-7-26/h3-15,22H,16-20H2,1-2H3,(H,28,31)/t22-/m1/s1. The molecule has 0 radical (unpaired) electrons. The molecule has 1 aliphatic heterocycles. The lowest BCUT2D eigenvalue weighted by Gasteiger charge is -2.34. The molecular formula is C27H31N3O3S. The second-order valence-electron chi connectivity index (χ2n) is 8.80. The molecule has 1 N–H and O–H groups in total. The molecular weight excluding hydrogens is 446 g/mol. The van der Waals surface area contributed by atoms with E-state index < -0.39 is 10.0 Å². The molecule has 1 saturated heterocycles. The number of hydrogen-bond donors (Lipinski definition) is 1. The molecule has 3 aromatic rings. The molecule has 0 saturated carbocycles. The monoisotopic (exact) mass is 477 g/mol. The summed E-state index contributed by atoms with van der Waals surface area (Å²) >= 11 is 0. The number of hydrogen-bond acceptors (Lipinski definition) is 4. The molecule has 0 bridgehead atoms. The average Bonchev–Trinajstić information content (AvgIpc) is 2.85. The molecule has 0 aliphatic carbocycles. The summed E-state index contributed by atoms with van der Waals surface area (Å²) < 4.78 is 27.2. The number of rotatable bonds is 7. The maximum absolute atomic E-state index is 12.8. The Balaban J connectivity index is 1.29. The van der Waals surface area contributed by atoms with E-state index in [4.69, 9.17) is 0 Å². The van der Waals surface area contributed by atoms with Crippen LogP contribution in [-0.4, -0.2) is 49.7 Å². The first-order chi connectivity index (χ1) is 16.3. The smallest absolute Gasteiger partial charge is 0.251 e. The number of carbonyl (C=O) groups is 1. The average molecular weight is 478 g/mol. The largest absolute Gasteiger partial charge is 0.346 e. The summed E-state index contributed by atoms with van der Waals surface area (Å²) in [4.78, 5) is 15.2. The van der Waals surface area contributed by atoms with E-state index in [2.05, 4.69) is 10.2 Å². The topological polar surface area (TPSA) is 69.7 Å². The van der Waals surface area contributed by atoms with E-state index in [1.165, 1.54) is 5.56 Å². The Morgan fingerprint density at radius 3 is 2.12 bits per heavy atom. The molecule has 34 heavy (non-hydrogen) atoms. The number of sulfonamides is 1. The molecule has 0 unspecified atom stereocenters. The molecule has 0 spiro atoms. The number of aryl methyl sites for hydroxylation is 1. The number of carbonyl (C=O) groups excluding carboxylic acids is 1. The Hall–Kier alpha value is -3.00. The van der Waals surface area contributed by atoms with Gasteiger partial charge in [0.2, 0.25) is 10.0 Å². The molecule has 7 heteroatoms. The van der Waals surface area contributed by atoms with Gasteiger partial charge in [0.15, 0.2) is 0 Å². The quantitative estimate of drug-likeness (QED) is 0.559. The van der Waals surface area contributed by atoms with Gasteiger partial charge in [-0.05, 0) is 49.2 Å². The predicted octanol–water partition coefficient (Wildman–Crippen LogP) is 3.99. The van der Waals surface area contributed by atoms with E-state index in [1.807, 2.05) is 68.4 Å². The molecule has 0 aromatic heterocycles. The van der Waals surface area contributed by atoms with Gasteiger partial charge in [-0.1, -0.05) is 60.2 Å². The highest BCUT2D eigenvalue weighted by atomic mass is 32.2. The third-order valence-corrected chi connectivity index (χ3v) is 8.17. The molecule has 1 amide bonds. The predicted molar refractivity (Wildman–Crippen MR) is 134 cm³/mol. The van der Waals surface area contributed by atoms with Crippen molar-refractivity contribution in [1.29, 1.82) is 0 Å². The van der Waals surface area contributed by atoms with Crippen LogP contribution < -0.4 is 5.32 Å². The van der Waals surface area contributed by atoms with Gasteiger partial charge in [0.05, 0.1) is 10.9 Å². The van der Waals surface area contributed by atoms with Crippen LogP contribution in [0, 0.1) is 6.92 Å². The van der Waals surface area contributed by atoms with Crippen molar-refractivity contribution in [3.63, 3.8) is 0 Å². The Kier molecular flexibility index (Phi) is 7.46. The third-order valence-electron chi connectivity index (χ3n) is 6.26. The number of benzene rings is 3. The fourth-order valence-corrected chi connectivity index (χ4v) is 5.55. The fourth-order valence-electron chi connectivity index (χ4n) is 4.11. The summed E-state index contributed by atoms with van der Waals surface area (Å²) in [7, 11) is -3.44. The van der Waals surface area contributed by atoms with Crippen LogP contribution in [0.2, 0.25) is 0 Å². The highest BCUT2D eigenvalue weighted by Crippen LogP contribution is 2.19. The Bertz CT molecular complexity index is 1200. The highest BCUT2D eigenvalue weighted by Gasteiger charge is 2.28. The van der Waals surface area contributed by atoms with Crippen molar-refractivity contribution < 1.29 is 13.2 Å². The molecule has 1 atom stereocenters. The zero-order valence-electron chi connectivity index (χ0n) is 19.6. The minimum Gasteiger partial charge on any atom is -0.346 e. The van der Waals surface area contributed by atoms with Gasteiger partial charge < -0.3 is 5.32 Å². The fraction of sp³-hybridized carbons (Fsp3) is 0.296. The lowest BCUT2D eigenvalue weighted by molar-refractivity contribution is 0.0940. The minimum absolute atomic E-state index is 0.0729. The van der Waals surface area contributed by atoms with Crippen LogP contribution >= 0.6 is 0 Å². The third kappa shape index (κ3) is 5.73. The van der Waals surface area contributed by atoms with Crippen LogP contribution in [0.5, 0.6) is 0 Å². The van der Waals surface area contributed by atoms with Crippen molar-refractivity contribution >= 4 is 15.9 Å². The molecule has 3 aromatic carbocycles. The first-order valence-electron chi connectivity index (χ1n) is 11.6. The van der Waals surface area contributed by atoms with Gasteiger partial charge in [0, 0.05) is 38.3 Å². The number of piperazine rings is 1. The Labute approximate surface area is 202 Å². The summed E-state index contributed by atoms with van der Waals surface area (Å²) in [6.07, 6.45) is 0. The van der Waals surface area contributed by atoms with Crippen molar-refractivity contribution in [3.8, 4) is 0 Å². The maximum atomic E-state index is 12.8. The highest BCUT2D eigenvalue weighted by molar-refractivity contribution is 7.89. The lowest BCUT2D eigenvalue weighted by Crippen LogP contribution is -2.48. The number of nitrogens with zero attached hydrogens (tertiary/aromatic N) is 2. The van der Waals surface area contributed by atoms with Crippen LogP contribution in [-0.2, 0) is 16.6 Å². The van der Waals surface area contributed by atoms with Crippen molar-refractivity contribution in [2.75, 3.05) is 26.2 Å². The second kappa shape index (κ2) is 10.5. The van der Waals surface area contributed by atoms with E-state index >= 15 is 0 Å². The van der Waals surface area contributed by atoms with Crippen molar-refractivity contribution in [1.82, 2.24) is 14.5 Å². The molecule has 1 fully saturated rings. The zero-order valence-corrected chi connectivity index (χ0v) is 20.5. The van der Waals surface area contributed by atoms with Crippen molar-refractivity contribution in [2.24, 2.45) is 0 Å². The van der Waals surface area contributed by atoms with Gasteiger partial charge in [0.25, 0.3) is 5.91 Å². The van der Waals surface area contributed by atoms with Crippen LogP contribution in [0.1, 0.15) is 40.0 Å². The molecule has 4 rings (SSSR count). The zero-order chi connectivity index (χ0) is 24.1. The van der Waals surface area contributed by atoms with Crippen LogP contribution in [0.25, 0.3) is 0 Å². The summed E-state index contributed by atoms with van der Waals surface area (Å²) in [6, 6.07) is 24.3. The summed E-state index contributed by atoms with van der Waals surface area (Å²) in [5.41, 5.74) is 3.99. The number of nitrogens with one attached hydrogen (secondary N) is 1. The van der Waals surface area contributed by atoms with E-state index in [9.17, 15) is 13.2 Å². The van der Waals surface area contributed by atoms with Gasteiger partial charge in [-0.15, -0.1) is 0 Å². The summed E-state index contributed by atoms with van der Waals surface area (Å²) in [5.74, 6) is -0.0978. The SMILES string of the molecule is Cc1ccc([C@@H](C)NC(=O)c2ccc(CN3CCN(S(=O)(=O)c4ccccc4)CC3)cc2)cc1. The molecule has 178 valence electrons. The maximum Gasteiger partial charge on any atom is 0.251 e. The van der Waals surface area contributed by atoms with Crippen LogP contribution in [0.3, 0.4) is 0 Å². The van der Waals surface area contributed by atoms with E-state index in [0.717, 1.165) is 17.7 Å². The lowest BCUT2D eigenvalue weighted by atomic mass is 10.1. The Morgan fingerprint density at radius 1 is 0.882 bits per heavy atom. The van der Waals surface area contributed by atoms with Gasteiger partial charge in [0.1, 0.15) is 0 Å². The van der Waals surface area contributed by atoms with Gasteiger partial charge in [-0.2, -0.15) is 4.31 Å². The van der Waals surface area contributed by atoms with E-state index in [1.54, 1.807) is 28.6 Å². The second-order valence-corrected chi connectivity index (χ2v) is 10.7. The van der Waals surface area contributed by atoms with Crippen LogP contribution in [0.4, 0.5) is 0 Å².